The van der Waals surface area contributed by atoms with Crippen molar-refractivity contribution in [2.45, 2.75) is 4.90 Å². The molecule has 0 aliphatic heterocycles. The van der Waals surface area contributed by atoms with Gasteiger partial charge in [0.15, 0.2) is 0 Å². The first kappa shape index (κ1) is 14.0. The van der Waals surface area contributed by atoms with Crippen molar-refractivity contribution < 1.29 is 12.8 Å². The molecule has 0 saturated carbocycles. The molecule has 0 atom stereocenters. The summed E-state index contributed by atoms with van der Waals surface area (Å²) in [4.78, 5) is 3.41. The Morgan fingerprint density at radius 3 is 2.53 bits per heavy atom. The lowest BCUT2D eigenvalue weighted by Crippen LogP contribution is -2.15. The fourth-order valence-corrected chi connectivity index (χ4v) is 3.13. The van der Waals surface area contributed by atoms with Crippen molar-refractivity contribution in [1.29, 1.82) is 0 Å². The number of sulfonamides is 1. The van der Waals surface area contributed by atoms with E-state index in [4.69, 9.17) is 23.2 Å². The van der Waals surface area contributed by atoms with Crippen molar-refractivity contribution in [3.8, 4) is 0 Å². The topological polar surface area (TPSA) is 59.1 Å². The Kier molecular flexibility index (Phi) is 3.93. The molecular weight excluding hydrogens is 314 g/mol. The molecule has 0 amide bonds. The Morgan fingerprint density at radius 1 is 1.16 bits per heavy atom. The molecule has 1 aromatic heterocycles. The first-order valence-corrected chi connectivity index (χ1v) is 7.22. The van der Waals surface area contributed by atoms with Gasteiger partial charge in [-0.1, -0.05) is 29.3 Å². The standard InChI is InChI=1S/C11H7Cl2FN2O2S/c12-7-4-5-15-6-10(7)19(17,18)16-11-8(13)2-1-3-9(11)14/h1-6,16H. The average molecular weight is 321 g/mol. The summed E-state index contributed by atoms with van der Waals surface area (Å²) < 4.78 is 39.7. The summed E-state index contributed by atoms with van der Waals surface area (Å²) in [5.41, 5.74) is -0.330. The van der Waals surface area contributed by atoms with Crippen LogP contribution < -0.4 is 4.72 Å². The van der Waals surface area contributed by atoms with Crippen molar-refractivity contribution >= 4 is 38.9 Å². The number of nitrogens with one attached hydrogen (secondary N) is 1. The number of halogens is 3. The van der Waals surface area contributed by atoms with E-state index in [1.807, 2.05) is 0 Å². The Balaban J connectivity index is 2.46. The second-order valence-electron chi connectivity index (χ2n) is 3.51. The maximum atomic E-state index is 13.5. The van der Waals surface area contributed by atoms with Gasteiger partial charge in [-0.05, 0) is 18.2 Å². The molecule has 1 N–H and O–H groups in total. The molecule has 100 valence electrons. The highest BCUT2D eigenvalue weighted by Gasteiger charge is 2.21. The van der Waals surface area contributed by atoms with E-state index in [1.165, 1.54) is 24.4 Å². The van der Waals surface area contributed by atoms with E-state index < -0.39 is 15.8 Å². The zero-order valence-electron chi connectivity index (χ0n) is 9.27. The molecule has 0 aliphatic rings. The second kappa shape index (κ2) is 5.32. The van der Waals surface area contributed by atoms with Crippen molar-refractivity contribution in [3.05, 3.63) is 52.5 Å². The van der Waals surface area contributed by atoms with Crippen LogP contribution in [0.15, 0.2) is 41.6 Å². The van der Waals surface area contributed by atoms with Crippen LogP contribution in [0.5, 0.6) is 0 Å². The Morgan fingerprint density at radius 2 is 1.89 bits per heavy atom. The number of anilines is 1. The first-order chi connectivity index (χ1) is 8.92. The number of aromatic nitrogens is 1. The van der Waals surface area contributed by atoms with E-state index in [0.29, 0.717) is 0 Å². The molecular formula is C11H7Cl2FN2O2S. The smallest absolute Gasteiger partial charge is 0.265 e. The lowest BCUT2D eigenvalue weighted by Gasteiger charge is -2.10. The molecule has 1 aromatic carbocycles. The summed E-state index contributed by atoms with van der Waals surface area (Å²) in [5, 5.41) is -0.0708. The predicted molar refractivity (Wildman–Crippen MR) is 71.5 cm³/mol. The SMILES string of the molecule is O=S(=O)(Nc1c(F)cccc1Cl)c1cnccc1Cl. The molecule has 0 aliphatic carbocycles. The van der Waals surface area contributed by atoms with Crippen LogP contribution in [-0.4, -0.2) is 13.4 Å². The highest BCUT2D eigenvalue weighted by atomic mass is 35.5. The van der Waals surface area contributed by atoms with Crippen LogP contribution in [-0.2, 0) is 10.0 Å². The van der Waals surface area contributed by atoms with Gasteiger partial charge in [0.25, 0.3) is 10.0 Å². The Hall–Kier alpha value is -1.37. The third-order valence-electron chi connectivity index (χ3n) is 2.22. The Bertz CT molecular complexity index is 702. The van der Waals surface area contributed by atoms with Gasteiger partial charge in [-0.3, -0.25) is 9.71 Å². The lowest BCUT2D eigenvalue weighted by molar-refractivity contribution is 0.598. The number of rotatable bonds is 3. The molecule has 4 nitrogen and oxygen atoms in total. The number of para-hydroxylation sites is 1. The van der Waals surface area contributed by atoms with Crippen molar-refractivity contribution in [3.63, 3.8) is 0 Å². The molecule has 8 heteroatoms. The molecule has 0 radical (unpaired) electrons. The van der Waals surface area contributed by atoms with Crippen LogP contribution >= 0.6 is 23.2 Å². The minimum Gasteiger partial charge on any atom is -0.275 e. The molecule has 2 aromatic rings. The zero-order valence-corrected chi connectivity index (χ0v) is 11.6. The van der Waals surface area contributed by atoms with E-state index in [0.717, 1.165) is 12.3 Å². The van der Waals surface area contributed by atoms with Gasteiger partial charge in [-0.2, -0.15) is 0 Å². The van der Waals surface area contributed by atoms with E-state index in [9.17, 15) is 12.8 Å². The third-order valence-corrected chi connectivity index (χ3v) is 4.36. The van der Waals surface area contributed by atoms with Gasteiger partial charge in [0, 0.05) is 12.4 Å². The summed E-state index contributed by atoms with van der Waals surface area (Å²) >= 11 is 11.5. The molecule has 1 heterocycles. The maximum absolute atomic E-state index is 13.5. The van der Waals surface area contributed by atoms with Crippen LogP contribution in [0.3, 0.4) is 0 Å². The van der Waals surface area contributed by atoms with Gasteiger partial charge >= 0.3 is 0 Å². The summed E-state index contributed by atoms with van der Waals surface area (Å²) in [6.07, 6.45) is 2.41. The summed E-state index contributed by atoms with van der Waals surface area (Å²) in [6, 6.07) is 5.15. The van der Waals surface area contributed by atoms with E-state index >= 15 is 0 Å². The largest absolute Gasteiger partial charge is 0.275 e. The highest BCUT2D eigenvalue weighted by molar-refractivity contribution is 7.92. The highest BCUT2D eigenvalue weighted by Crippen LogP contribution is 2.28. The molecule has 0 fully saturated rings. The number of nitrogens with zero attached hydrogens (tertiary/aromatic N) is 1. The monoisotopic (exact) mass is 320 g/mol. The maximum Gasteiger partial charge on any atom is 0.265 e. The van der Waals surface area contributed by atoms with Crippen molar-refractivity contribution in [2.75, 3.05) is 4.72 Å². The molecule has 0 bridgehead atoms. The number of pyridine rings is 1. The lowest BCUT2D eigenvalue weighted by atomic mass is 10.3. The minimum absolute atomic E-state index is 0.0186. The molecule has 0 unspecified atom stereocenters. The number of hydrogen-bond donors (Lipinski definition) is 1. The molecule has 2 rings (SSSR count). The van der Waals surface area contributed by atoms with Gasteiger partial charge < -0.3 is 0 Å². The first-order valence-electron chi connectivity index (χ1n) is 4.98. The van der Waals surface area contributed by atoms with Crippen LogP contribution in [0.4, 0.5) is 10.1 Å². The summed E-state index contributed by atoms with van der Waals surface area (Å²) in [5.74, 6) is -0.781. The summed E-state index contributed by atoms with van der Waals surface area (Å²) in [6.45, 7) is 0. The quantitative estimate of drug-likeness (QED) is 0.943. The Labute approximate surface area is 119 Å². The van der Waals surface area contributed by atoms with E-state index in [2.05, 4.69) is 9.71 Å². The van der Waals surface area contributed by atoms with E-state index in [1.54, 1.807) is 0 Å². The zero-order chi connectivity index (χ0) is 14.0. The van der Waals surface area contributed by atoms with Gasteiger partial charge in [0.2, 0.25) is 0 Å². The average Bonchev–Trinajstić information content (AvgIpc) is 2.34. The number of hydrogen-bond acceptors (Lipinski definition) is 3. The van der Waals surface area contributed by atoms with Gasteiger partial charge in [0.1, 0.15) is 16.4 Å². The van der Waals surface area contributed by atoms with Crippen LogP contribution in [0.1, 0.15) is 0 Å². The fraction of sp³-hybridized carbons (Fsp3) is 0. The van der Waals surface area contributed by atoms with E-state index in [-0.39, 0.29) is 20.6 Å². The van der Waals surface area contributed by atoms with Crippen molar-refractivity contribution in [1.82, 2.24) is 4.98 Å². The predicted octanol–water partition coefficient (Wildman–Crippen LogP) is 3.33. The fourth-order valence-electron chi connectivity index (χ4n) is 1.35. The third kappa shape index (κ3) is 2.97. The second-order valence-corrected chi connectivity index (χ2v) is 5.97. The van der Waals surface area contributed by atoms with Crippen LogP contribution in [0, 0.1) is 5.82 Å². The number of benzene rings is 1. The molecule has 19 heavy (non-hydrogen) atoms. The molecule has 0 saturated heterocycles. The van der Waals surface area contributed by atoms with Gasteiger partial charge in [0.05, 0.1) is 10.0 Å². The van der Waals surface area contributed by atoms with Crippen molar-refractivity contribution in [2.24, 2.45) is 0 Å². The summed E-state index contributed by atoms with van der Waals surface area (Å²) in [7, 11) is -4.06. The minimum atomic E-state index is -4.06. The van der Waals surface area contributed by atoms with Crippen LogP contribution in [0.2, 0.25) is 10.0 Å². The van der Waals surface area contributed by atoms with Gasteiger partial charge in [-0.25, -0.2) is 12.8 Å². The van der Waals surface area contributed by atoms with Crippen LogP contribution in [0.25, 0.3) is 0 Å². The molecule has 0 spiro atoms. The van der Waals surface area contributed by atoms with Gasteiger partial charge in [-0.15, -0.1) is 0 Å². The normalized spacial score (nSPS) is 11.3.